The van der Waals surface area contributed by atoms with Gasteiger partial charge in [0, 0.05) is 100 Å². The Labute approximate surface area is 658 Å². The monoisotopic (exact) mass is 1460 g/mol. The average molecular weight is 1460 g/mol. The topological polar surface area (TPSA) is 77.8 Å². The summed E-state index contributed by atoms with van der Waals surface area (Å²) in [5.74, 6) is 3.62. The Morgan fingerprint density at radius 2 is 0.474 bits per heavy atom. The van der Waals surface area contributed by atoms with E-state index < -0.39 is 0 Å². The Bertz CT molecular complexity index is 6810. The van der Waals surface area contributed by atoms with E-state index in [2.05, 4.69) is 404 Å². The van der Waals surface area contributed by atoms with E-state index in [0.717, 1.165) is 102 Å². The van der Waals surface area contributed by atoms with Gasteiger partial charge < -0.3 is 9.13 Å². The third-order valence-corrected chi connectivity index (χ3v) is 21.8. The molecule has 0 bridgehead atoms. The smallest absolute Gasteiger partial charge is 0.237 e. The fourth-order valence-electron chi connectivity index (χ4n) is 16.7. The van der Waals surface area contributed by atoms with E-state index in [4.69, 9.17) is 19.9 Å². The Hall–Kier alpha value is -15.5. The predicted molar refractivity (Wildman–Crippen MR) is 473 cm³/mol. The van der Waals surface area contributed by atoms with Crippen molar-refractivity contribution in [2.24, 2.45) is 0 Å². The summed E-state index contributed by atoms with van der Waals surface area (Å²) < 4.78 is 9.30. The van der Waals surface area contributed by atoms with Gasteiger partial charge in [0.1, 0.15) is 17.5 Å². The van der Waals surface area contributed by atoms with Gasteiger partial charge in [-0.3, -0.25) is 18.9 Å². The molecule has 6 aromatic heterocycles. The summed E-state index contributed by atoms with van der Waals surface area (Å²) in [6.45, 7) is 0. The van der Waals surface area contributed by atoms with E-state index >= 15 is 0 Å². The van der Waals surface area contributed by atoms with Crippen LogP contribution in [-0.4, -0.2) is 38.2 Å². The quantitative estimate of drug-likeness (QED) is 0.108. The molecule has 6 heterocycles. The number of benzene rings is 16. The average Bonchev–Trinajstić information content (AvgIpc) is 1.59. The molecule has 0 aliphatic heterocycles. The molecule has 0 aliphatic rings. The van der Waals surface area contributed by atoms with Gasteiger partial charge in [-0.2, -0.15) is 4.98 Å². The van der Waals surface area contributed by atoms with Crippen LogP contribution in [0.1, 0.15) is 0 Å². The van der Waals surface area contributed by atoms with Crippen molar-refractivity contribution in [2.45, 2.75) is 0 Å². The molecule has 536 valence electrons. The fourth-order valence-corrected chi connectivity index (χ4v) is 16.7. The normalized spacial score (nSPS) is 11.5. The zero-order chi connectivity index (χ0) is 75.4. The van der Waals surface area contributed by atoms with Crippen LogP contribution in [0.15, 0.2) is 425 Å². The van der Waals surface area contributed by atoms with Gasteiger partial charge in [-0.25, -0.2) is 15.0 Å². The zero-order valence-electron chi connectivity index (χ0n) is 61.9. The molecule has 22 rings (SSSR count). The molecule has 0 amide bonds. The molecule has 10 nitrogen and oxygen atoms in total. The van der Waals surface area contributed by atoms with Crippen LogP contribution in [0.25, 0.3) is 155 Å². The van der Waals surface area contributed by atoms with E-state index in [0.29, 0.717) is 11.8 Å². The first kappa shape index (κ1) is 66.7. The maximum atomic E-state index is 5.40. The molecule has 0 spiro atoms. The standard InChI is InChI=1S/2C52H35N5/c1-5-17-36(18-6-1)46-35-51(54-52(53-46)55(39-19-7-2-8-20-39)40-21-9-3-10-22-40)57-48-28-16-14-26-43(48)45-34-38(30-32-50(45)57)37-29-31-49-44(33-37)42-25-13-15-27-47(42)56(49)41-23-11-4-12-24-41;1-5-17-36(18-6-1)52-53-50(55(39-19-7-2-8-20-39)40-21-9-3-10-22-40)35-51(54-52)57-47-28-16-14-26-43(47)45-34-38(30-32-49(45)57)37-29-31-48-44(33-37)42-25-13-15-27-46(42)56(48)41-23-11-4-12-24-41/h2*1-35H. The van der Waals surface area contributed by atoms with Crippen LogP contribution in [0, 0.1) is 0 Å². The number of nitrogens with zero attached hydrogens (tertiary/aromatic N) is 10. The summed E-state index contributed by atoms with van der Waals surface area (Å²) in [6, 6.07) is 150. The second-order valence-corrected chi connectivity index (χ2v) is 28.6. The minimum absolute atomic E-state index is 0.592. The van der Waals surface area contributed by atoms with Gasteiger partial charge in [-0.15, -0.1) is 0 Å². The van der Waals surface area contributed by atoms with Crippen LogP contribution in [0.4, 0.5) is 34.5 Å². The summed E-state index contributed by atoms with van der Waals surface area (Å²) in [7, 11) is 0. The molecule has 10 heteroatoms. The SMILES string of the molecule is c1ccc(-c2cc(-n3c4ccccc4c4cc(-c5ccc6c(c5)c5ccccc5n6-c5ccccc5)ccc43)nc(N(c3ccccc3)c3ccccc3)n2)cc1.c1ccc(-c2nc(N(c3ccccc3)c3ccccc3)cc(-n3c4ccccc4c4cc(-c5ccc6c(c5)c5ccccc5n6-c5ccccc5)ccc43)n2)cc1. The molecule has 0 N–H and O–H groups in total. The van der Waals surface area contributed by atoms with E-state index in [1.165, 1.54) is 76.3 Å². The Balaban J connectivity index is 0.000000143. The van der Waals surface area contributed by atoms with Crippen molar-refractivity contribution in [3.05, 3.63) is 425 Å². The molecule has 0 saturated carbocycles. The summed E-state index contributed by atoms with van der Waals surface area (Å²) >= 11 is 0. The summed E-state index contributed by atoms with van der Waals surface area (Å²) in [5, 5.41) is 9.62. The van der Waals surface area contributed by atoms with Crippen molar-refractivity contribution in [1.29, 1.82) is 0 Å². The number of rotatable bonds is 14. The highest BCUT2D eigenvalue weighted by Crippen LogP contribution is 2.44. The van der Waals surface area contributed by atoms with E-state index in [9.17, 15) is 0 Å². The van der Waals surface area contributed by atoms with Crippen molar-refractivity contribution in [3.63, 3.8) is 0 Å². The van der Waals surface area contributed by atoms with Crippen LogP contribution in [0.3, 0.4) is 0 Å². The summed E-state index contributed by atoms with van der Waals surface area (Å²) in [5.41, 5.74) is 22.9. The van der Waals surface area contributed by atoms with Gasteiger partial charge in [-0.05, 0) is 168 Å². The van der Waals surface area contributed by atoms with Crippen molar-refractivity contribution < 1.29 is 0 Å². The number of hydrogen-bond acceptors (Lipinski definition) is 6. The largest absolute Gasteiger partial charge is 0.309 e. The van der Waals surface area contributed by atoms with Crippen LogP contribution >= 0.6 is 0 Å². The molecule has 0 saturated heterocycles. The summed E-state index contributed by atoms with van der Waals surface area (Å²) in [4.78, 5) is 25.5. The predicted octanol–water partition coefficient (Wildman–Crippen LogP) is 26.9. The van der Waals surface area contributed by atoms with Gasteiger partial charge in [-0.1, -0.05) is 267 Å². The molecular formula is C104H70N10. The lowest BCUT2D eigenvalue weighted by molar-refractivity contribution is 1.01. The van der Waals surface area contributed by atoms with Crippen molar-refractivity contribution >= 4 is 122 Å². The Kier molecular flexibility index (Phi) is 16.7. The molecule has 0 fully saturated rings. The number of fused-ring (bicyclic) bond motifs is 12. The third-order valence-electron chi connectivity index (χ3n) is 21.8. The maximum Gasteiger partial charge on any atom is 0.237 e. The Morgan fingerprint density at radius 1 is 0.184 bits per heavy atom. The lowest BCUT2D eigenvalue weighted by atomic mass is 10.0. The second-order valence-electron chi connectivity index (χ2n) is 28.6. The minimum atomic E-state index is 0.592. The third kappa shape index (κ3) is 11.8. The second kappa shape index (κ2) is 28.5. The lowest BCUT2D eigenvalue weighted by Crippen LogP contribution is -2.15. The maximum absolute atomic E-state index is 5.40. The number of anilines is 6. The number of aromatic nitrogens is 8. The highest BCUT2D eigenvalue weighted by Gasteiger charge is 2.25. The number of hydrogen-bond donors (Lipinski definition) is 0. The van der Waals surface area contributed by atoms with E-state index in [1.807, 2.05) is 48.5 Å². The number of para-hydroxylation sites is 10. The minimum Gasteiger partial charge on any atom is -0.309 e. The van der Waals surface area contributed by atoms with Crippen molar-refractivity contribution in [1.82, 2.24) is 38.2 Å². The molecule has 0 radical (unpaired) electrons. The fraction of sp³-hybridized carbons (Fsp3) is 0. The Morgan fingerprint density at radius 3 is 0.851 bits per heavy atom. The molecule has 0 aliphatic carbocycles. The molecule has 22 aromatic rings. The summed E-state index contributed by atoms with van der Waals surface area (Å²) in [6.07, 6.45) is 0. The molecule has 16 aromatic carbocycles. The zero-order valence-corrected chi connectivity index (χ0v) is 61.9. The van der Waals surface area contributed by atoms with Gasteiger partial charge in [0.05, 0.1) is 49.8 Å². The van der Waals surface area contributed by atoms with Crippen LogP contribution in [0.5, 0.6) is 0 Å². The van der Waals surface area contributed by atoms with Gasteiger partial charge in [0.25, 0.3) is 0 Å². The molecule has 0 unspecified atom stereocenters. The van der Waals surface area contributed by atoms with Gasteiger partial charge >= 0.3 is 0 Å². The van der Waals surface area contributed by atoms with Crippen molar-refractivity contribution in [2.75, 3.05) is 9.80 Å². The molecule has 114 heavy (non-hydrogen) atoms. The van der Waals surface area contributed by atoms with Gasteiger partial charge in [0.15, 0.2) is 5.82 Å². The first-order chi connectivity index (χ1) is 56.6. The van der Waals surface area contributed by atoms with Gasteiger partial charge in [0.2, 0.25) is 5.95 Å². The van der Waals surface area contributed by atoms with Crippen molar-refractivity contribution in [3.8, 4) is 67.9 Å². The van der Waals surface area contributed by atoms with E-state index in [-0.39, 0.29) is 0 Å². The first-order valence-electron chi connectivity index (χ1n) is 38.5. The highest BCUT2D eigenvalue weighted by molar-refractivity contribution is 6.15. The highest BCUT2D eigenvalue weighted by atomic mass is 15.3. The van der Waals surface area contributed by atoms with Crippen LogP contribution < -0.4 is 9.80 Å². The van der Waals surface area contributed by atoms with Crippen LogP contribution in [0.2, 0.25) is 0 Å². The van der Waals surface area contributed by atoms with E-state index in [1.54, 1.807) is 0 Å². The molecule has 0 atom stereocenters. The lowest BCUT2D eigenvalue weighted by Gasteiger charge is -2.25. The first-order valence-corrected chi connectivity index (χ1v) is 38.5. The van der Waals surface area contributed by atoms with Crippen LogP contribution in [-0.2, 0) is 0 Å². The molecular weight excluding hydrogens is 1390 g/mol.